The van der Waals surface area contributed by atoms with Crippen LogP contribution in [0.5, 0.6) is 0 Å². The van der Waals surface area contributed by atoms with E-state index in [9.17, 15) is 8.42 Å². The van der Waals surface area contributed by atoms with Crippen molar-refractivity contribution >= 4 is 10.0 Å². The summed E-state index contributed by atoms with van der Waals surface area (Å²) in [4.78, 5) is 0.431. The number of sulfonamides is 1. The molecular formula is C18H25N3O2S. The Morgan fingerprint density at radius 3 is 2.58 bits per heavy atom. The summed E-state index contributed by atoms with van der Waals surface area (Å²) in [5, 5.41) is 4.31. The van der Waals surface area contributed by atoms with Gasteiger partial charge in [0, 0.05) is 19.3 Å². The van der Waals surface area contributed by atoms with Crippen LogP contribution in [0.25, 0.3) is 0 Å². The molecular weight excluding hydrogens is 322 g/mol. The number of aryl methyl sites for hydroxylation is 4. The topological polar surface area (TPSA) is 55.2 Å². The Balaban J connectivity index is 2.05. The quantitative estimate of drug-likeness (QED) is 0.852. The predicted molar refractivity (Wildman–Crippen MR) is 94.4 cm³/mol. The maximum absolute atomic E-state index is 13.3. The van der Waals surface area contributed by atoms with E-state index in [0.29, 0.717) is 11.4 Å². The Hall–Kier alpha value is -1.66. The van der Waals surface area contributed by atoms with Gasteiger partial charge in [-0.3, -0.25) is 4.68 Å². The van der Waals surface area contributed by atoms with Crippen molar-refractivity contribution in [2.75, 3.05) is 6.54 Å². The Morgan fingerprint density at radius 1 is 1.17 bits per heavy atom. The minimum atomic E-state index is -3.52. The second-order valence-electron chi connectivity index (χ2n) is 6.55. The van der Waals surface area contributed by atoms with Crippen LogP contribution in [-0.4, -0.2) is 29.0 Å². The first-order valence-electron chi connectivity index (χ1n) is 8.47. The molecule has 130 valence electrons. The maximum atomic E-state index is 13.3. The van der Waals surface area contributed by atoms with Gasteiger partial charge in [-0.15, -0.1) is 0 Å². The molecule has 1 aliphatic heterocycles. The highest BCUT2D eigenvalue weighted by molar-refractivity contribution is 7.89. The van der Waals surface area contributed by atoms with Gasteiger partial charge in [0.05, 0.1) is 16.6 Å². The molecule has 1 unspecified atom stereocenters. The van der Waals surface area contributed by atoms with Gasteiger partial charge in [-0.25, -0.2) is 8.42 Å². The van der Waals surface area contributed by atoms with Crippen LogP contribution in [0.3, 0.4) is 0 Å². The van der Waals surface area contributed by atoms with Gasteiger partial charge in [-0.1, -0.05) is 6.07 Å². The molecule has 1 atom stereocenters. The van der Waals surface area contributed by atoms with Crippen molar-refractivity contribution in [3.63, 3.8) is 0 Å². The molecule has 1 saturated heterocycles. The maximum Gasteiger partial charge on any atom is 0.243 e. The third-order valence-electron chi connectivity index (χ3n) is 4.97. The molecule has 0 amide bonds. The first-order valence-corrected chi connectivity index (χ1v) is 9.91. The molecule has 1 aromatic carbocycles. The average Bonchev–Trinajstić information content (AvgIpc) is 3.18. The highest BCUT2D eigenvalue weighted by Crippen LogP contribution is 2.37. The Bertz CT molecular complexity index is 855. The standard InChI is InChI=1S/C18H25N3O2S/c1-5-20-16(8-9-19-20)17-7-6-10-21(17)24(22,23)18-12-14(3)13(2)11-15(18)4/h8-9,11-12,17H,5-7,10H2,1-4H3. The average molecular weight is 347 g/mol. The number of hydrogen-bond acceptors (Lipinski definition) is 3. The molecule has 2 aromatic rings. The van der Waals surface area contributed by atoms with Gasteiger partial charge in [0.2, 0.25) is 10.0 Å². The lowest BCUT2D eigenvalue weighted by Crippen LogP contribution is -2.32. The van der Waals surface area contributed by atoms with E-state index in [4.69, 9.17) is 0 Å². The van der Waals surface area contributed by atoms with E-state index in [1.165, 1.54) is 0 Å². The van der Waals surface area contributed by atoms with E-state index in [0.717, 1.165) is 41.8 Å². The van der Waals surface area contributed by atoms with Crippen LogP contribution >= 0.6 is 0 Å². The van der Waals surface area contributed by atoms with E-state index < -0.39 is 10.0 Å². The second-order valence-corrected chi connectivity index (χ2v) is 8.41. The van der Waals surface area contributed by atoms with E-state index >= 15 is 0 Å². The smallest absolute Gasteiger partial charge is 0.243 e. The number of nitrogens with zero attached hydrogens (tertiary/aromatic N) is 3. The summed E-state index contributed by atoms with van der Waals surface area (Å²) >= 11 is 0. The number of rotatable bonds is 4. The van der Waals surface area contributed by atoms with Crippen LogP contribution in [0.1, 0.15) is 48.2 Å². The van der Waals surface area contributed by atoms with Gasteiger partial charge >= 0.3 is 0 Å². The Kier molecular flexibility index (Phi) is 4.53. The molecule has 24 heavy (non-hydrogen) atoms. The molecule has 1 aliphatic rings. The van der Waals surface area contributed by atoms with Crippen molar-refractivity contribution in [2.45, 2.75) is 58.0 Å². The van der Waals surface area contributed by atoms with E-state index in [-0.39, 0.29) is 6.04 Å². The number of benzene rings is 1. The molecule has 0 bridgehead atoms. The summed E-state index contributed by atoms with van der Waals surface area (Å²) in [7, 11) is -3.52. The summed E-state index contributed by atoms with van der Waals surface area (Å²) < 4.78 is 30.2. The van der Waals surface area contributed by atoms with Gasteiger partial charge in [0.15, 0.2) is 0 Å². The van der Waals surface area contributed by atoms with Crippen LogP contribution in [0.2, 0.25) is 0 Å². The molecule has 2 heterocycles. The van der Waals surface area contributed by atoms with Crippen molar-refractivity contribution in [3.8, 4) is 0 Å². The Morgan fingerprint density at radius 2 is 1.88 bits per heavy atom. The highest BCUT2D eigenvalue weighted by atomic mass is 32.2. The van der Waals surface area contributed by atoms with Crippen LogP contribution in [0.4, 0.5) is 0 Å². The summed E-state index contributed by atoms with van der Waals surface area (Å²) in [6.07, 6.45) is 3.47. The molecule has 0 radical (unpaired) electrons. The normalized spacial score (nSPS) is 19.1. The van der Waals surface area contributed by atoms with Gasteiger partial charge < -0.3 is 0 Å². The second kappa shape index (κ2) is 6.33. The molecule has 6 heteroatoms. The van der Waals surface area contributed by atoms with Crippen molar-refractivity contribution in [1.82, 2.24) is 14.1 Å². The first kappa shape index (κ1) is 17.2. The summed E-state index contributed by atoms with van der Waals surface area (Å²) in [5.74, 6) is 0. The van der Waals surface area contributed by atoms with Crippen LogP contribution < -0.4 is 0 Å². The lowest BCUT2D eigenvalue weighted by molar-refractivity contribution is 0.375. The zero-order valence-electron chi connectivity index (χ0n) is 14.8. The van der Waals surface area contributed by atoms with Crippen molar-refractivity contribution in [2.24, 2.45) is 0 Å². The fourth-order valence-corrected chi connectivity index (χ4v) is 5.51. The van der Waals surface area contributed by atoms with Crippen molar-refractivity contribution in [1.29, 1.82) is 0 Å². The molecule has 1 fully saturated rings. The lowest BCUT2D eigenvalue weighted by atomic mass is 10.1. The molecule has 0 N–H and O–H groups in total. The zero-order valence-corrected chi connectivity index (χ0v) is 15.6. The van der Waals surface area contributed by atoms with Crippen molar-refractivity contribution in [3.05, 3.63) is 46.8 Å². The molecule has 1 aromatic heterocycles. The van der Waals surface area contributed by atoms with Crippen LogP contribution in [0.15, 0.2) is 29.3 Å². The van der Waals surface area contributed by atoms with Crippen molar-refractivity contribution < 1.29 is 8.42 Å². The summed E-state index contributed by atoms with van der Waals surface area (Å²) in [5.41, 5.74) is 3.93. The largest absolute Gasteiger partial charge is 0.268 e. The molecule has 5 nitrogen and oxygen atoms in total. The van der Waals surface area contributed by atoms with Gasteiger partial charge in [-0.2, -0.15) is 9.40 Å². The third kappa shape index (κ3) is 2.78. The molecule has 0 aliphatic carbocycles. The van der Waals surface area contributed by atoms with Gasteiger partial charge in [0.25, 0.3) is 0 Å². The van der Waals surface area contributed by atoms with Crippen LogP contribution in [-0.2, 0) is 16.6 Å². The Labute approximate surface area is 144 Å². The number of hydrogen-bond donors (Lipinski definition) is 0. The lowest BCUT2D eigenvalue weighted by Gasteiger charge is -2.25. The van der Waals surface area contributed by atoms with E-state index in [1.807, 2.05) is 50.6 Å². The third-order valence-corrected chi connectivity index (χ3v) is 7.02. The summed E-state index contributed by atoms with van der Waals surface area (Å²) in [6.45, 7) is 9.18. The van der Waals surface area contributed by atoms with Crippen LogP contribution in [0, 0.1) is 20.8 Å². The van der Waals surface area contributed by atoms with Gasteiger partial charge in [-0.05, 0) is 69.4 Å². The molecule has 0 spiro atoms. The zero-order chi connectivity index (χ0) is 17.5. The molecule has 3 rings (SSSR count). The fourth-order valence-electron chi connectivity index (χ4n) is 3.55. The monoisotopic (exact) mass is 347 g/mol. The predicted octanol–water partition coefficient (Wildman–Crippen LogP) is 3.35. The minimum absolute atomic E-state index is 0.126. The van der Waals surface area contributed by atoms with Gasteiger partial charge in [0.1, 0.15) is 0 Å². The fraction of sp³-hybridized carbons (Fsp3) is 0.500. The minimum Gasteiger partial charge on any atom is -0.268 e. The van der Waals surface area contributed by atoms with E-state index in [2.05, 4.69) is 5.10 Å². The molecule has 0 saturated carbocycles. The number of aromatic nitrogens is 2. The van der Waals surface area contributed by atoms with E-state index in [1.54, 1.807) is 10.5 Å². The first-order chi connectivity index (χ1) is 11.4. The highest BCUT2D eigenvalue weighted by Gasteiger charge is 2.38. The SMILES string of the molecule is CCn1nccc1C1CCCN1S(=O)(=O)c1cc(C)c(C)cc1C. The summed E-state index contributed by atoms with van der Waals surface area (Å²) in [6, 6.07) is 5.59.